The van der Waals surface area contributed by atoms with Gasteiger partial charge in [0.1, 0.15) is 5.52 Å². The van der Waals surface area contributed by atoms with Crippen molar-refractivity contribution in [2.75, 3.05) is 44.3 Å². The predicted octanol–water partition coefficient (Wildman–Crippen LogP) is 0.986. The van der Waals surface area contributed by atoms with Crippen molar-refractivity contribution in [3.8, 4) is 0 Å². The number of anilines is 1. The van der Waals surface area contributed by atoms with Crippen molar-refractivity contribution in [3.63, 3.8) is 0 Å². The number of hydrogen-bond acceptors (Lipinski definition) is 6. The highest BCUT2D eigenvalue weighted by atomic mass is 32.1. The van der Waals surface area contributed by atoms with E-state index < -0.39 is 0 Å². The van der Waals surface area contributed by atoms with Crippen molar-refractivity contribution in [1.29, 1.82) is 0 Å². The summed E-state index contributed by atoms with van der Waals surface area (Å²) < 4.78 is 6.43. The number of aromatic nitrogens is 2. The molecular weight excluding hydrogens is 288 g/mol. The fraction of sp³-hybridized carbons (Fsp3) is 0.500. The first kappa shape index (κ1) is 13.0. The molecule has 0 aliphatic carbocycles. The number of ether oxygens (including phenoxy) is 1. The summed E-state index contributed by atoms with van der Waals surface area (Å²) in [6.45, 7) is 4.30. The molecule has 0 bridgehead atoms. The molecule has 1 amide bonds. The van der Waals surface area contributed by atoms with Gasteiger partial charge in [0.2, 0.25) is 5.91 Å². The topological polar surface area (TPSA) is 58.6 Å². The summed E-state index contributed by atoms with van der Waals surface area (Å²) in [7, 11) is 0. The Kier molecular flexibility index (Phi) is 3.23. The van der Waals surface area contributed by atoms with Crippen LogP contribution in [0.25, 0.3) is 10.2 Å². The number of morpholine rings is 1. The summed E-state index contributed by atoms with van der Waals surface area (Å²) in [5.41, 5.74) is 0.931. The standard InChI is InChI=1S/C14H16N4O2S/c19-13(17-3-5-20-6-4-17)10-8-18(9-10)14-16-11-7-15-2-1-12(11)21-14/h1-2,7,10H,3-6,8-9H2. The zero-order chi connectivity index (χ0) is 14.2. The predicted molar refractivity (Wildman–Crippen MR) is 80.5 cm³/mol. The number of hydrogen-bond donors (Lipinski definition) is 0. The molecule has 0 spiro atoms. The quantitative estimate of drug-likeness (QED) is 0.828. The van der Waals surface area contributed by atoms with E-state index in [1.54, 1.807) is 23.7 Å². The minimum absolute atomic E-state index is 0.105. The average molecular weight is 304 g/mol. The van der Waals surface area contributed by atoms with Gasteiger partial charge < -0.3 is 14.5 Å². The Bertz CT molecular complexity index is 629. The third kappa shape index (κ3) is 2.36. The lowest BCUT2D eigenvalue weighted by atomic mass is 9.99. The van der Waals surface area contributed by atoms with Gasteiger partial charge in [0.25, 0.3) is 0 Å². The molecule has 0 saturated carbocycles. The smallest absolute Gasteiger partial charge is 0.229 e. The van der Waals surface area contributed by atoms with Crippen LogP contribution >= 0.6 is 11.3 Å². The molecule has 21 heavy (non-hydrogen) atoms. The maximum atomic E-state index is 12.3. The molecule has 2 aliphatic heterocycles. The Balaban J connectivity index is 1.41. The first-order valence-corrected chi connectivity index (χ1v) is 7.95. The molecule has 110 valence electrons. The number of pyridine rings is 1. The minimum atomic E-state index is 0.105. The van der Waals surface area contributed by atoms with Crippen molar-refractivity contribution in [1.82, 2.24) is 14.9 Å². The summed E-state index contributed by atoms with van der Waals surface area (Å²) in [6, 6.07) is 1.98. The molecule has 2 fully saturated rings. The van der Waals surface area contributed by atoms with Gasteiger partial charge in [-0.15, -0.1) is 0 Å². The molecule has 2 aromatic rings. The number of carbonyl (C=O) groups is 1. The fourth-order valence-electron chi connectivity index (χ4n) is 2.74. The zero-order valence-electron chi connectivity index (χ0n) is 11.6. The number of thiazole rings is 1. The molecule has 6 nitrogen and oxygen atoms in total. The molecule has 2 saturated heterocycles. The van der Waals surface area contributed by atoms with Gasteiger partial charge in [0.15, 0.2) is 5.13 Å². The van der Waals surface area contributed by atoms with Crippen LogP contribution in [-0.4, -0.2) is 60.2 Å². The second kappa shape index (κ2) is 5.23. The van der Waals surface area contributed by atoms with E-state index in [4.69, 9.17) is 4.74 Å². The lowest BCUT2D eigenvalue weighted by Gasteiger charge is -2.41. The second-order valence-corrected chi connectivity index (χ2v) is 6.39. The Morgan fingerprint density at radius 2 is 2.14 bits per heavy atom. The molecule has 4 heterocycles. The highest BCUT2D eigenvalue weighted by molar-refractivity contribution is 7.22. The summed E-state index contributed by atoms with van der Waals surface area (Å²) in [5.74, 6) is 0.366. The van der Waals surface area contributed by atoms with E-state index in [0.717, 1.165) is 41.5 Å². The SMILES string of the molecule is O=C(C1CN(c2nc3cnccc3s2)C1)N1CCOCC1. The monoisotopic (exact) mass is 304 g/mol. The van der Waals surface area contributed by atoms with Gasteiger partial charge in [-0.25, -0.2) is 4.98 Å². The first-order valence-electron chi connectivity index (χ1n) is 7.13. The zero-order valence-corrected chi connectivity index (χ0v) is 12.4. The highest BCUT2D eigenvalue weighted by Gasteiger charge is 2.37. The number of amides is 1. The summed E-state index contributed by atoms with van der Waals surface area (Å²) in [6.07, 6.45) is 3.57. The number of nitrogens with zero attached hydrogens (tertiary/aromatic N) is 4. The van der Waals surface area contributed by atoms with Gasteiger partial charge in [-0.05, 0) is 6.07 Å². The van der Waals surface area contributed by atoms with Gasteiger partial charge in [-0.1, -0.05) is 11.3 Å². The molecule has 2 aliphatic rings. The second-order valence-electron chi connectivity index (χ2n) is 5.38. The van der Waals surface area contributed by atoms with Crippen molar-refractivity contribution in [3.05, 3.63) is 18.5 Å². The van der Waals surface area contributed by atoms with E-state index in [1.807, 2.05) is 11.0 Å². The molecule has 7 heteroatoms. The van der Waals surface area contributed by atoms with E-state index in [-0.39, 0.29) is 11.8 Å². The number of fused-ring (bicyclic) bond motifs is 1. The average Bonchev–Trinajstić information content (AvgIpc) is 2.90. The van der Waals surface area contributed by atoms with E-state index in [0.29, 0.717) is 13.2 Å². The van der Waals surface area contributed by atoms with Crippen LogP contribution < -0.4 is 4.90 Å². The van der Waals surface area contributed by atoms with Gasteiger partial charge >= 0.3 is 0 Å². The lowest BCUT2D eigenvalue weighted by Crippen LogP contribution is -2.56. The Morgan fingerprint density at radius 3 is 2.90 bits per heavy atom. The third-order valence-electron chi connectivity index (χ3n) is 4.00. The molecule has 0 aromatic carbocycles. The van der Waals surface area contributed by atoms with Crippen LogP contribution in [0.15, 0.2) is 18.5 Å². The normalized spacial score (nSPS) is 19.8. The molecule has 0 unspecified atom stereocenters. The summed E-state index contributed by atoms with van der Waals surface area (Å²) >= 11 is 1.66. The molecule has 0 radical (unpaired) electrons. The lowest BCUT2D eigenvalue weighted by molar-refractivity contribution is -0.140. The Morgan fingerprint density at radius 1 is 1.33 bits per heavy atom. The van der Waals surface area contributed by atoms with Gasteiger partial charge in [-0.3, -0.25) is 9.78 Å². The van der Waals surface area contributed by atoms with E-state index >= 15 is 0 Å². The number of rotatable bonds is 2. The van der Waals surface area contributed by atoms with E-state index in [1.165, 1.54) is 0 Å². The van der Waals surface area contributed by atoms with Crippen LogP contribution in [0.2, 0.25) is 0 Å². The van der Waals surface area contributed by atoms with Crippen LogP contribution in [0.1, 0.15) is 0 Å². The van der Waals surface area contributed by atoms with E-state index in [9.17, 15) is 4.79 Å². The van der Waals surface area contributed by atoms with Crippen LogP contribution in [0.3, 0.4) is 0 Å². The molecular formula is C14H16N4O2S. The molecule has 4 rings (SSSR count). The van der Waals surface area contributed by atoms with Gasteiger partial charge in [0, 0.05) is 32.4 Å². The summed E-state index contributed by atoms with van der Waals surface area (Å²) in [4.78, 5) is 25.1. The Hall–Kier alpha value is -1.73. The van der Waals surface area contributed by atoms with Crippen molar-refractivity contribution in [2.24, 2.45) is 5.92 Å². The van der Waals surface area contributed by atoms with Crippen molar-refractivity contribution in [2.45, 2.75) is 0 Å². The Labute approximate surface area is 126 Å². The van der Waals surface area contributed by atoms with Crippen LogP contribution in [0.5, 0.6) is 0 Å². The summed E-state index contributed by atoms with van der Waals surface area (Å²) in [5, 5.41) is 0.990. The maximum absolute atomic E-state index is 12.3. The fourth-order valence-corrected chi connectivity index (χ4v) is 3.69. The van der Waals surface area contributed by atoms with Crippen LogP contribution in [0, 0.1) is 5.92 Å². The molecule has 0 N–H and O–H groups in total. The maximum Gasteiger partial charge on any atom is 0.229 e. The van der Waals surface area contributed by atoms with Gasteiger partial charge in [-0.2, -0.15) is 0 Å². The largest absolute Gasteiger partial charge is 0.378 e. The first-order chi connectivity index (χ1) is 10.3. The van der Waals surface area contributed by atoms with Crippen LogP contribution in [-0.2, 0) is 9.53 Å². The molecule has 0 atom stereocenters. The third-order valence-corrected chi connectivity index (χ3v) is 5.10. The van der Waals surface area contributed by atoms with Crippen LogP contribution in [0.4, 0.5) is 5.13 Å². The minimum Gasteiger partial charge on any atom is -0.378 e. The number of carbonyl (C=O) groups excluding carboxylic acids is 1. The van der Waals surface area contributed by atoms with Crippen molar-refractivity contribution >= 4 is 32.6 Å². The van der Waals surface area contributed by atoms with E-state index in [2.05, 4.69) is 14.9 Å². The van der Waals surface area contributed by atoms with Crippen molar-refractivity contribution < 1.29 is 9.53 Å². The molecule has 2 aromatic heterocycles. The van der Waals surface area contributed by atoms with Gasteiger partial charge in [0.05, 0.1) is 30.0 Å². The highest BCUT2D eigenvalue weighted by Crippen LogP contribution is 2.32.